The highest BCUT2D eigenvalue weighted by Gasteiger charge is 2.14. The van der Waals surface area contributed by atoms with Gasteiger partial charge in [0.2, 0.25) is 5.91 Å². The van der Waals surface area contributed by atoms with Crippen LogP contribution in [0.3, 0.4) is 0 Å². The highest BCUT2D eigenvalue weighted by atomic mass is 32.1. The average Bonchev–Trinajstić information content (AvgIpc) is 3.37. The highest BCUT2D eigenvalue weighted by Crippen LogP contribution is 2.18. The molecule has 0 radical (unpaired) electrons. The first-order valence-electron chi connectivity index (χ1n) is 8.99. The van der Waals surface area contributed by atoms with Gasteiger partial charge in [-0.25, -0.2) is 9.97 Å². The standard InChI is InChI=1S/C19H22N4O3S2/c1-12-10-27-17(21-12)5-3-4-7-20-16(24)9-14-11-28-19(22-14)23-18(25)15-6-8-26-13(15)2/h6,8,10-11H,3-5,7,9H2,1-2H3,(H,20,24)(H,22,23,25). The average molecular weight is 419 g/mol. The first-order valence-corrected chi connectivity index (χ1v) is 10.7. The van der Waals surface area contributed by atoms with Gasteiger partial charge in [0.1, 0.15) is 5.76 Å². The first-order chi connectivity index (χ1) is 13.5. The molecule has 0 aliphatic heterocycles. The van der Waals surface area contributed by atoms with E-state index in [4.69, 9.17) is 4.42 Å². The number of anilines is 1. The van der Waals surface area contributed by atoms with Gasteiger partial charge in [-0.1, -0.05) is 0 Å². The van der Waals surface area contributed by atoms with Crippen LogP contribution in [-0.2, 0) is 17.6 Å². The maximum atomic E-state index is 12.1. The molecule has 7 nitrogen and oxygen atoms in total. The van der Waals surface area contributed by atoms with Gasteiger partial charge in [-0.05, 0) is 39.2 Å². The summed E-state index contributed by atoms with van der Waals surface area (Å²) in [5, 5.41) is 11.1. The second kappa shape index (κ2) is 9.61. The second-order valence-electron chi connectivity index (χ2n) is 6.36. The van der Waals surface area contributed by atoms with Gasteiger partial charge in [-0.2, -0.15) is 0 Å². The van der Waals surface area contributed by atoms with Crippen LogP contribution in [0.4, 0.5) is 5.13 Å². The number of thiazole rings is 2. The van der Waals surface area contributed by atoms with Gasteiger partial charge in [-0.15, -0.1) is 22.7 Å². The van der Waals surface area contributed by atoms with E-state index in [0.29, 0.717) is 28.7 Å². The van der Waals surface area contributed by atoms with Crippen LogP contribution in [0.1, 0.15) is 45.4 Å². The molecule has 0 aromatic carbocycles. The number of nitrogens with zero attached hydrogens (tertiary/aromatic N) is 2. The quantitative estimate of drug-likeness (QED) is 0.516. The summed E-state index contributed by atoms with van der Waals surface area (Å²) in [5.74, 6) is 0.213. The molecule has 0 aliphatic rings. The molecule has 0 saturated heterocycles. The third kappa shape index (κ3) is 5.74. The number of unbranched alkanes of at least 4 members (excludes halogenated alkanes) is 1. The lowest BCUT2D eigenvalue weighted by atomic mass is 10.2. The topological polar surface area (TPSA) is 97.1 Å². The Bertz CT molecular complexity index is 945. The van der Waals surface area contributed by atoms with Gasteiger partial charge < -0.3 is 9.73 Å². The number of nitrogens with one attached hydrogen (secondary N) is 2. The second-order valence-corrected chi connectivity index (χ2v) is 8.16. The van der Waals surface area contributed by atoms with Crippen LogP contribution in [-0.4, -0.2) is 28.3 Å². The number of furan rings is 1. The number of aryl methyl sites for hydroxylation is 3. The van der Waals surface area contributed by atoms with Crippen molar-refractivity contribution in [2.75, 3.05) is 11.9 Å². The van der Waals surface area contributed by atoms with E-state index in [0.717, 1.165) is 30.0 Å². The minimum absolute atomic E-state index is 0.0704. The fourth-order valence-electron chi connectivity index (χ4n) is 2.60. The summed E-state index contributed by atoms with van der Waals surface area (Å²) >= 11 is 2.98. The van der Waals surface area contributed by atoms with E-state index < -0.39 is 0 Å². The van der Waals surface area contributed by atoms with E-state index in [1.54, 1.807) is 29.7 Å². The van der Waals surface area contributed by atoms with E-state index in [1.807, 2.05) is 6.92 Å². The van der Waals surface area contributed by atoms with Crippen molar-refractivity contribution in [3.63, 3.8) is 0 Å². The zero-order chi connectivity index (χ0) is 19.9. The molecule has 28 heavy (non-hydrogen) atoms. The van der Waals surface area contributed by atoms with E-state index in [1.165, 1.54) is 17.6 Å². The molecule has 0 fully saturated rings. The van der Waals surface area contributed by atoms with Crippen molar-refractivity contribution in [1.82, 2.24) is 15.3 Å². The molecule has 0 aliphatic carbocycles. The van der Waals surface area contributed by atoms with E-state index in [-0.39, 0.29) is 18.2 Å². The number of amides is 2. The Morgan fingerprint density at radius 1 is 1.14 bits per heavy atom. The van der Waals surface area contributed by atoms with Crippen LogP contribution >= 0.6 is 22.7 Å². The Labute approximate surface area is 171 Å². The molecular formula is C19H22N4O3S2. The van der Waals surface area contributed by atoms with Crippen molar-refractivity contribution in [2.45, 2.75) is 39.5 Å². The van der Waals surface area contributed by atoms with Crippen molar-refractivity contribution in [3.05, 3.63) is 50.8 Å². The summed E-state index contributed by atoms with van der Waals surface area (Å²) in [7, 11) is 0. The van der Waals surface area contributed by atoms with Crippen LogP contribution in [0.2, 0.25) is 0 Å². The molecule has 3 heterocycles. The molecular weight excluding hydrogens is 396 g/mol. The van der Waals surface area contributed by atoms with Gasteiger partial charge in [0.05, 0.1) is 28.9 Å². The highest BCUT2D eigenvalue weighted by molar-refractivity contribution is 7.14. The molecule has 0 unspecified atom stereocenters. The van der Waals surface area contributed by atoms with Crippen LogP contribution in [0, 0.1) is 13.8 Å². The van der Waals surface area contributed by atoms with Crippen molar-refractivity contribution in [3.8, 4) is 0 Å². The lowest BCUT2D eigenvalue weighted by Gasteiger charge is -2.03. The van der Waals surface area contributed by atoms with Crippen LogP contribution in [0.5, 0.6) is 0 Å². The number of hydrogen-bond acceptors (Lipinski definition) is 7. The lowest BCUT2D eigenvalue weighted by molar-refractivity contribution is -0.120. The molecule has 9 heteroatoms. The normalized spacial score (nSPS) is 10.8. The van der Waals surface area contributed by atoms with Gasteiger partial charge >= 0.3 is 0 Å². The Morgan fingerprint density at radius 2 is 2.00 bits per heavy atom. The minimum atomic E-state index is -0.271. The molecule has 0 atom stereocenters. The summed E-state index contributed by atoms with van der Waals surface area (Å²) in [6.07, 6.45) is 4.52. The Hall–Kier alpha value is -2.52. The zero-order valence-electron chi connectivity index (χ0n) is 15.8. The van der Waals surface area contributed by atoms with E-state index >= 15 is 0 Å². The fraction of sp³-hybridized carbons (Fsp3) is 0.368. The predicted octanol–water partition coefficient (Wildman–Crippen LogP) is 3.74. The third-order valence-electron chi connectivity index (χ3n) is 4.02. The van der Waals surface area contributed by atoms with Crippen molar-refractivity contribution >= 4 is 39.6 Å². The lowest BCUT2D eigenvalue weighted by Crippen LogP contribution is -2.26. The first kappa shape index (κ1) is 20.2. The summed E-state index contributed by atoms with van der Waals surface area (Å²) in [4.78, 5) is 32.9. The van der Waals surface area contributed by atoms with Crippen LogP contribution in [0.25, 0.3) is 0 Å². The maximum absolute atomic E-state index is 12.1. The van der Waals surface area contributed by atoms with E-state index in [9.17, 15) is 9.59 Å². The molecule has 2 N–H and O–H groups in total. The summed E-state index contributed by atoms with van der Waals surface area (Å²) in [5.41, 5.74) is 2.18. The van der Waals surface area contributed by atoms with Crippen LogP contribution < -0.4 is 10.6 Å². The molecule has 0 bridgehead atoms. The SMILES string of the molecule is Cc1csc(CCCCNC(=O)Cc2csc(NC(=O)c3ccoc3C)n2)n1. The smallest absolute Gasteiger partial charge is 0.260 e. The fourth-order valence-corrected chi connectivity index (χ4v) is 4.13. The van der Waals surface area contributed by atoms with E-state index in [2.05, 4.69) is 26.0 Å². The van der Waals surface area contributed by atoms with Crippen LogP contribution in [0.15, 0.2) is 27.5 Å². The molecule has 3 rings (SSSR count). The van der Waals surface area contributed by atoms with Gasteiger partial charge in [0.25, 0.3) is 5.91 Å². The Balaban J connectivity index is 1.36. The number of carbonyl (C=O) groups is 2. The minimum Gasteiger partial charge on any atom is -0.469 e. The maximum Gasteiger partial charge on any atom is 0.260 e. The van der Waals surface area contributed by atoms with Crippen molar-refractivity contribution in [1.29, 1.82) is 0 Å². The molecule has 0 saturated carbocycles. The Kier molecular flexibility index (Phi) is 6.94. The summed E-state index contributed by atoms with van der Waals surface area (Å²) < 4.78 is 5.13. The summed E-state index contributed by atoms with van der Waals surface area (Å²) in [6.45, 7) is 4.36. The van der Waals surface area contributed by atoms with Gasteiger partial charge in [0, 0.05) is 23.0 Å². The number of aromatic nitrogens is 2. The van der Waals surface area contributed by atoms with Gasteiger partial charge in [0.15, 0.2) is 5.13 Å². The molecule has 0 spiro atoms. The molecule has 148 valence electrons. The number of rotatable bonds is 9. The zero-order valence-corrected chi connectivity index (χ0v) is 17.4. The van der Waals surface area contributed by atoms with Gasteiger partial charge in [-0.3, -0.25) is 14.9 Å². The van der Waals surface area contributed by atoms with Crippen molar-refractivity contribution < 1.29 is 14.0 Å². The Morgan fingerprint density at radius 3 is 2.71 bits per heavy atom. The number of carbonyl (C=O) groups excluding carboxylic acids is 2. The molecule has 3 aromatic heterocycles. The summed E-state index contributed by atoms with van der Waals surface area (Å²) in [6, 6.07) is 1.61. The largest absolute Gasteiger partial charge is 0.469 e. The predicted molar refractivity (Wildman–Crippen MR) is 110 cm³/mol. The monoisotopic (exact) mass is 418 g/mol. The molecule has 3 aromatic rings. The third-order valence-corrected chi connectivity index (χ3v) is 5.86. The molecule has 2 amide bonds. The van der Waals surface area contributed by atoms with Crippen molar-refractivity contribution in [2.24, 2.45) is 0 Å². The number of hydrogen-bond donors (Lipinski definition) is 2.